The molecule has 2 aromatic carbocycles. The van der Waals surface area contributed by atoms with Gasteiger partial charge >= 0.3 is 0 Å². The predicted molar refractivity (Wildman–Crippen MR) is 108 cm³/mol. The molecule has 0 bridgehead atoms. The minimum Gasteiger partial charge on any atom is -0.385 e. The molecule has 134 valence electrons. The lowest BCUT2D eigenvalue weighted by molar-refractivity contribution is -0.0139. The molecule has 3 nitrogen and oxygen atoms in total. The Morgan fingerprint density at radius 3 is 2.54 bits per heavy atom. The number of benzene rings is 2. The summed E-state index contributed by atoms with van der Waals surface area (Å²) in [6.07, 6.45) is 3.39. The SMILES string of the molecule is C=C(c1c[nH]c2cc(Cl)ccc12)N1CCC(O)(c2ccc(C)cc2)CC1. The first-order valence-corrected chi connectivity index (χ1v) is 9.34. The van der Waals surface area contributed by atoms with Crippen LogP contribution in [0.4, 0.5) is 0 Å². The van der Waals surface area contributed by atoms with Gasteiger partial charge in [0.25, 0.3) is 0 Å². The van der Waals surface area contributed by atoms with E-state index in [2.05, 4.69) is 35.5 Å². The Bertz CT molecular complexity index is 950. The van der Waals surface area contributed by atoms with Crippen molar-refractivity contribution in [3.8, 4) is 0 Å². The minimum absolute atomic E-state index is 0.698. The summed E-state index contributed by atoms with van der Waals surface area (Å²) in [5.74, 6) is 0. The van der Waals surface area contributed by atoms with Crippen LogP contribution in [-0.2, 0) is 5.60 Å². The molecule has 1 saturated heterocycles. The second-order valence-electron chi connectivity index (χ2n) is 7.22. The van der Waals surface area contributed by atoms with Gasteiger partial charge in [-0.05, 0) is 37.5 Å². The molecule has 0 aliphatic carbocycles. The molecule has 0 radical (unpaired) electrons. The number of aliphatic hydroxyl groups is 1. The van der Waals surface area contributed by atoms with Crippen molar-refractivity contribution in [2.75, 3.05) is 13.1 Å². The van der Waals surface area contributed by atoms with E-state index in [0.29, 0.717) is 12.8 Å². The molecule has 1 aliphatic rings. The molecule has 0 amide bonds. The second kappa shape index (κ2) is 6.49. The zero-order valence-electron chi connectivity index (χ0n) is 14.9. The molecule has 0 atom stereocenters. The topological polar surface area (TPSA) is 39.3 Å². The number of halogens is 1. The van der Waals surface area contributed by atoms with E-state index in [1.165, 1.54) is 5.56 Å². The van der Waals surface area contributed by atoms with Crippen molar-refractivity contribution in [2.45, 2.75) is 25.4 Å². The van der Waals surface area contributed by atoms with E-state index < -0.39 is 5.60 Å². The highest BCUT2D eigenvalue weighted by molar-refractivity contribution is 6.31. The smallest absolute Gasteiger partial charge is 0.0930 e. The largest absolute Gasteiger partial charge is 0.385 e. The van der Waals surface area contributed by atoms with Crippen LogP contribution in [0.1, 0.15) is 29.5 Å². The number of nitrogens with zero attached hydrogens (tertiary/aromatic N) is 1. The normalized spacial score (nSPS) is 16.8. The number of hydrogen-bond acceptors (Lipinski definition) is 2. The van der Waals surface area contributed by atoms with Crippen molar-refractivity contribution in [1.82, 2.24) is 9.88 Å². The van der Waals surface area contributed by atoms with Crippen molar-refractivity contribution in [2.24, 2.45) is 0 Å². The molecular formula is C22H23ClN2O. The van der Waals surface area contributed by atoms with Crippen molar-refractivity contribution in [3.63, 3.8) is 0 Å². The van der Waals surface area contributed by atoms with E-state index in [4.69, 9.17) is 11.6 Å². The highest BCUT2D eigenvalue weighted by atomic mass is 35.5. The van der Waals surface area contributed by atoms with Crippen LogP contribution >= 0.6 is 11.6 Å². The van der Waals surface area contributed by atoms with E-state index in [-0.39, 0.29) is 0 Å². The van der Waals surface area contributed by atoms with Gasteiger partial charge in [-0.15, -0.1) is 0 Å². The molecule has 4 rings (SSSR count). The van der Waals surface area contributed by atoms with Crippen molar-refractivity contribution >= 4 is 28.2 Å². The fourth-order valence-electron chi connectivity index (χ4n) is 3.81. The Morgan fingerprint density at radius 2 is 1.85 bits per heavy atom. The van der Waals surface area contributed by atoms with Gasteiger partial charge in [0.1, 0.15) is 0 Å². The van der Waals surface area contributed by atoms with Crippen molar-refractivity contribution in [3.05, 3.63) is 77.0 Å². The third kappa shape index (κ3) is 3.02. The Labute approximate surface area is 158 Å². The number of rotatable bonds is 3. The molecule has 2 heterocycles. The number of nitrogens with one attached hydrogen (secondary N) is 1. The number of piperidine rings is 1. The molecule has 1 aliphatic heterocycles. The Balaban J connectivity index is 1.52. The van der Waals surface area contributed by atoms with Gasteiger partial charge in [0.15, 0.2) is 0 Å². The summed E-state index contributed by atoms with van der Waals surface area (Å²) >= 11 is 6.07. The first-order chi connectivity index (χ1) is 12.5. The summed E-state index contributed by atoms with van der Waals surface area (Å²) in [4.78, 5) is 5.54. The fourth-order valence-corrected chi connectivity index (χ4v) is 3.98. The molecule has 3 aromatic rings. The summed E-state index contributed by atoms with van der Waals surface area (Å²) in [5, 5.41) is 12.9. The summed E-state index contributed by atoms with van der Waals surface area (Å²) in [6, 6.07) is 14.1. The van der Waals surface area contributed by atoms with Crippen LogP contribution in [0.15, 0.2) is 55.2 Å². The van der Waals surface area contributed by atoms with Crippen LogP contribution in [0.5, 0.6) is 0 Å². The van der Waals surface area contributed by atoms with E-state index in [1.807, 2.05) is 36.5 Å². The summed E-state index contributed by atoms with van der Waals surface area (Å²) < 4.78 is 0. The lowest BCUT2D eigenvalue weighted by atomic mass is 9.84. The number of fused-ring (bicyclic) bond motifs is 1. The van der Waals surface area contributed by atoms with Crippen LogP contribution in [-0.4, -0.2) is 28.1 Å². The maximum absolute atomic E-state index is 11.1. The third-order valence-corrected chi connectivity index (χ3v) is 5.75. The Morgan fingerprint density at radius 1 is 1.15 bits per heavy atom. The highest BCUT2D eigenvalue weighted by Gasteiger charge is 2.34. The van der Waals surface area contributed by atoms with Gasteiger partial charge in [-0.25, -0.2) is 0 Å². The summed E-state index contributed by atoms with van der Waals surface area (Å²) in [6.45, 7) is 7.94. The maximum Gasteiger partial charge on any atom is 0.0930 e. The lowest BCUT2D eigenvalue weighted by Gasteiger charge is -2.40. The number of hydrogen-bond donors (Lipinski definition) is 2. The molecule has 1 aromatic heterocycles. The molecule has 4 heteroatoms. The van der Waals surface area contributed by atoms with Gasteiger partial charge in [0.2, 0.25) is 0 Å². The van der Waals surface area contributed by atoms with Crippen LogP contribution < -0.4 is 0 Å². The van der Waals surface area contributed by atoms with Crippen LogP contribution in [0.3, 0.4) is 0 Å². The van der Waals surface area contributed by atoms with Crippen molar-refractivity contribution < 1.29 is 5.11 Å². The van der Waals surface area contributed by atoms with Gasteiger partial charge in [-0.1, -0.05) is 54.1 Å². The van der Waals surface area contributed by atoms with Crippen molar-refractivity contribution in [1.29, 1.82) is 0 Å². The average molecular weight is 367 g/mol. The highest BCUT2D eigenvalue weighted by Crippen LogP contribution is 2.36. The quantitative estimate of drug-likeness (QED) is 0.678. The van der Waals surface area contributed by atoms with E-state index in [1.54, 1.807) is 0 Å². The van der Waals surface area contributed by atoms with E-state index >= 15 is 0 Å². The Kier molecular flexibility index (Phi) is 4.29. The average Bonchev–Trinajstić information content (AvgIpc) is 3.05. The number of likely N-dealkylation sites (tertiary alicyclic amines) is 1. The molecule has 1 fully saturated rings. The zero-order chi connectivity index (χ0) is 18.3. The molecule has 0 spiro atoms. The predicted octanol–water partition coefficient (Wildman–Crippen LogP) is 5.08. The number of H-pyrrole nitrogens is 1. The van der Waals surface area contributed by atoms with Crippen LogP contribution in [0, 0.1) is 6.92 Å². The van der Waals surface area contributed by atoms with Gasteiger partial charge in [-0.3, -0.25) is 0 Å². The lowest BCUT2D eigenvalue weighted by Crippen LogP contribution is -2.41. The number of aryl methyl sites for hydroxylation is 1. The molecule has 0 unspecified atom stereocenters. The first-order valence-electron chi connectivity index (χ1n) is 8.97. The van der Waals surface area contributed by atoms with E-state index in [9.17, 15) is 5.11 Å². The van der Waals surface area contributed by atoms with Gasteiger partial charge in [0.05, 0.1) is 5.60 Å². The standard InChI is InChI=1S/C22H23ClN2O/c1-15-3-5-17(6-4-15)22(26)9-11-25(12-10-22)16(2)20-14-24-21-13-18(23)7-8-19(20)21/h3-8,13-14,24,26H,2,9-12H2,1H3. The van der Waals surface area contributed by atoms with Crippen LogP contribution in [0.25, 0.3) is 16.6 Å². The number of aromatic amines is 1. The monoisotopic (exact) mass is 366 g/mol. The second-order valence-corrected chi connectivity index (χ2v) is 7.66. The maximum atomic E-state index is 11.1. The number of aromatic nitrogens is 1. The molecule has 2 N–H and O–H groups in total. The first kappa shape index (κ1) is 17.2. The fraction of sp³-hybridized carbons (Fsp3) is 0.273. The summed E-state index contributed by atoms with van der Waals surface area (Å²) in [7, 11) is 0. The van der Waals surface area contributed by atoms with Gasteiger partial charge in [-0.2, -0.15) is 0 Å². The van der Waals surface area contributed by atoms with Gasteiger partial charge in [0, 0.05) is 46.5 Å². The van der Waals surface area contributed by atoms with Gasteiger partial charge < -0.3 is 15.0 Å². The van der Waals surface area contributed by atoms with Crippen LogP contribution in [0.2, 0.25) is 5.02 Å². The third-order valence-electron chi connectivity index (χ3n) is 5.52. The molecule has 0 saturated carbocycles. The van der Waals surface area contributed by atoms with E-state index in [0.717, 1.165) is 45.8 Å². The zero-order valence-corrected chi connectivity index (χ0v) is 15.7. The summed E-state index contributed by atoms with van der Waals surface area (Å²) in [5.41, 5.74) is 4.57. The Hall–Kier alpha value is -2.23. The molecular weight excluding hydrogens is 344 g/mol. The minimum atomic E-state index is -0.752. The molecule has 26 heavy (non-hydrogen) atoms.